The van der Waals surface area contributed by atoms with Gasteiger partial charge in [0, 0.05) is 16.1 Å². The van der Waals surface area contributed by atoms with Gasteiger partial charge in [0.15, 0.2) is 0 Å². The third-order valence-electron chi connectivity index (χ3n) is 2.76. The van der Waals surface area contributed by atoms with E-state index in [2.05, 4.69) is 15.9 Å². The summed E-state index contributed by atoms with van der Waals surface area (Å²) in [5, 5.41) is 0.0796. The minimum Gasteiger partial charge on any atom is -0.324 e. The van der Waals surface area contributed by atoms with Crippen molar-refractivity contribution in [3.05, 3.63) is 68.9 Å². The second kappa shape index (κ2) is 5.83. The van der Waals surface area contributed by atoms with Gasteiger partial charge in [-0.05, 0) is 34.0 Å². The Kier molecular flexibility index (Phi) is 4.38. The smallest absolute Gasteiger partial charge is 0.147 e. The second-order valence-corrected chi connectivity index (χ2v) is 5.29. The molecule has 1 nitrogen and oxygen atoms in total. The van der Waals surface area contributed by atoms with Gasteiger partial charge in [0.1, 0.15) is 5.82 Å². The Bertz CT molecular complexity index is 545. The summed E-state index contributed by atoms with van der Waals surface area (Å²) in [6.07, 6.45) is 0.579. The van der Waals surface area contributed by atoms with Gasteiger partial charge in [0.2, 0.25) is 0 Å². The second-order valence-electron chi connectivity index (χ2n) is 4.06. The van der Waals surface area contributed by atoms with Crippen molar-refractivity contribution in [3.8, 4) is 0 Å². The number of halogens is 3. The SMILES string of the molecule is NC(Cc1ccccc1)c1ccc(Br)c(Cl)c1F. The van der Waals surface area contributed by atoms with Gasteiger partial charge in [-0.15, -0.1) is 0 Å². The first-order valence-electron chi connectivity index (χ1n) is 5.52. The zero-order valence-electron chi connectivity index (χ0n) is 9.54. The minimum atomic E-state index is -0.450. The molecule has 0 bridgehead atoms. The highest BCUT2D eigenvalue weighted by molar-refractivity contribution is 9.10. The number of nitrogens with two attached hydrogens (primary N) is 1. The fourth-order valence-electron chi connectivity index (χ4n) is 1.81. The lowest BCUT2D eigenvalue weighted by atomic mass is 9.99. The summed E-state index contributed by atoms with van der Waals surface area (Å²) in [6, 6.07) is 12.7. The van der Waals surface area contributed by atoms with E-state index in [1.54, 1.807) is 12.1 Å². The van der Waals surface area contributed by atoms with Gasteiger partial charge in [-0.2, -0.15) is 0 Å². The Morgan fingerprint density at radius 1 is 1.17 bits per heavy atom. The van der Waals surface area contributed by atoms with Crippen LogP contribution < -0.4 is 5.73 Å². The van der Waals surface area contributed by atoms with Crippen LogP contribution in [0.3, 0.4) is 0 Å². The topological polar surface area (TPSA) is 26.0 Å². The Morgan fingerprint density at radius 2 is 1.83 bits per heavy atom. The molecular formula is C14H12BrClFN. The van der Waals surface area contributed by atoms with Crippen molar-refractivity contribution in [2.75, 3.05) is 0 Å². The standard InChI is InChI=1S/C14H12BrClFN/c15-11-7-6-10(14(17)13(11)16)12(18)8-9-4-2-1-3-5-9/h1-7,12H,8,18H2. The zero-order valence-corrected chi connectivity index (χ0v) is 11.9. The monoisotopic (exact) mass is 327 g/mol. The van der Waals surface area contributed by atoms with Gasteiger partial charge in [0.05, 0.1) is 5.02 Å². The summed E-state index contributed by atoms with van der Waals surface area (Å²) in [6.45, 7) is 0. The molecule has 1 atom stereocenters. The molecule has 0 aromatic heterocycles. The van der Waals surface area contributed by atoms with Crippen molar-refractivity contribution in [3.63, 3.8) is 0 Å². The maximum atomic E-state index is 14.0. The van der Waals surface area contributed by atoms with Crippen molar-refractivity contribution in [1.29, 1.82) is 0 Å². The van der Waals surface area contributed by atoms with E-state index >= 15 is 0 Å². The largest absolute Gasteiger partial charge is 0.324 e. The van der Waals surface area contributed by atoms with E-state index in [9.17, 15) is 4.39 Å². The quantitative estimate of drug-likeness (QED) is 0.826. The Morgan fingerprint density at radius 3 is 2.50 bits per heavy atom. The van der Waals surface area contributed by atoms with E-state index in [-0.39, 0.29) is 5.02 Å². The molecule has 0 spiro atoms. The molecule has 94 valence electrons. The highest BCUT2D eigenvalue weighted by Crippen LogP contribution is 2.30. The average molecular weight is 329 g/mol. The summed E-state index contributed by atoms with van der Waals surface area (Å²) in [5.41, 5.74) is 7.54. The van der Waals surface area contributed by atoms with Crippen LogP contribution in [0.25, 0.3) is 0 Å². The van der Waals surface area contributed by atoms with E-state index < -0.39 is 11.9 Å². The van der Waals surface area contributed by atoms with E-state index in [0.717, 1.165) is 5.56 Å². The van der Waals surface area contributed by atoms with Crippen LogP contribution in [0, 0.1) is 5.82 Å². The van der Waals surface area contributed by atoms with Crippen LogP contribution in [0.2, 0.25) is 5.02 Å². The number of rotatable bonds is 3. The van der Waals surface area contributed by atoms with Crippen molar-refractivity contribution < 1.29 is 4.39 Å². The van der Waals surface area contributed by atoms with Gasteiger partial charge in [0.25, 0.3) is 0 Å². The molecule has 1 unspecified atom stereocenters. The van der Waals surface area contributed by atoms with E-state index in [4.69, 9.17) is 17.3 Å². The first kappa shape index (κ1) is 13.5. The summed E-state index contributed by atoms with van der Waals surface area (Å²) in [5.74, 6) is -0.450. The Balaban J connectivity index is 2.24. The Hall–Kier alpha value is -0.900. The van der Waals surface area contributed by atoms with Crippen molar-refractivity contribution in [1.82, 2.24) is 0 Å². The van der Waals surface area contributed by atoms with Gasteiger partial charge < -0.3 is 5.73 Å². The third-order valence-corrected chi connectivity index (χ3v) is 4.02. The van der Waals surface area contributed by atoms with Crippen LogP contribution >= 0.6 is 27.5 Å². The number of hydrogen-bond acceptors (Lipinski definition) is 1. The molecule has 2 N–H and O–H groups in total. The predicted molar refractivity (Wildman–Crippen MR) is 76.2 cm³/mol. The normalized spacial score (nSPS) is 12.4. The van der Waals surface area contributed by atoms with Gasteiger partial charge in [-0.25, -0.2) is 4.39 Å². The van der Waals surface area contributed by atoms with E-state index in [1.807, 2.05) is 30.3 Å². The molecule has 2 rings (SSSR count). The van der Waals surface area contributed by atoms with Crippen molar-refractivity contribution in [2.24, 2.45) is 5.73 Å². The van der Waals surface area contributed by atoms with Crippen LogP contribution in [0.5, 0.6) is 0 Å². The zero-order chi connectivity index (χ0) is 13.1. The van der Waals surface area contributed by atoms with Crippen molar-refractivity contribution >= 4 is 27.5 Å². The number of benzene rings is 2. The maximum Gasteiger partial charge on any atom is 0.147 e. The molecule has 0 heterocycles. The average Bonchev–Trinajstić information content (AvgIpc) is 2.37. The Labute approximate surface area is 119 Å². The fraction of sp³-hybridized carbons (Fsp3) is 0.143. The lowest BCUT2D eigenvalue weighted by molar-refractivity contribution is 0.580. The molecule has 0 aliphatic rings. The molecule has 0 amide bonds. The summed E-state index contributed by atoms with van der Waals surface area (Å²) >= 11 is 9.04. The van der Waals surface area contributed by atoms with Gasteiger partial charge >= 0.3 is 0 Å². The van der Waals surface area contributed by atoms with Crippen LogP contribution in [0.1, 0.15) is 17.2 Å². The molecule has 0 aliphatic carbocycles. The van der Waals surface area contributed by atoms with Crippen LogP contribution in [0.4, 0.5) is 4.39 Å². The molecule has 2 aromatic rings. The molecule has 2 aromatic carbocycles. The van der Waals surface area contributed by atoms with E-state index in [1.165, 1.54) is 0 Å². The summed E-state index contributed by atoms with van der Waals surface area (Å²) in [4.78, 5) is 0. The van der Waals surface area contributed by atoms with Gasteiger partial charge in [-0.1, -0.05) is 48.0 Å². The third kappa shape index (κ3) is 2.91. The minimum absolute atomic E-state index is 0.0796. The van der Waals surface area contributed by atoms with E-state index in [0.29, 0.717) is 16.5 Å². The number of hydrogen-bond donors (Lipinski definition) is 1. The highest BCUT2D eigenvalue weighted by Gasteiger charge is 2.16. The molecule has 18 heavy (non-hydrogen) atoms. The molecule has 0 fully saturated rings. The molecule has 0 saturated carbocycles. The summed E-state index contributed by atoms with van der Waals surface area (Å²) in [7, 11) is 0. The van der Waals surface area contributed by atoms with Crippen LogP contribution in [-0.2, 0) is 6.42 Å². The maximum absolute atomic E-state index is 14.0. The highest BCUT2D eigenvalue weighted by atomic mass is 79.9. The molecule has 0 aliphatic heterocycles. The molecule has 4 heteroatoms. The molecule has 0 radical (unpaired) electrons. The lowest BCUT2D eigenvalue weighted by Gasteiger charge is -2.14. The lowest BCUT2D eigenvalue weighted by Crippen LogP contribution is -2.15. The van der Waals surface area contributed by atoms with Crippen LogP contribution in [-0.4, -0.2) is 0 Å². The first-order chi connectivity index (χ1) is 8.59. The first-order valence-corrected chi connectivity index (χ1v) is 6.69. The molecular weight excluding hydrogens is 317 g/mol. The predicted octanol–water partition coefficient (Wildman–Crippen LogP) is 4.48. The van der Waals surface area contributed by atoms with Crippen LogP contribution in [0.15, 0.2) is 46.9 Å². The van der Waals surface area contributed by atoms with Crippen molar-refractivity contribution in [2.45, 2.75) is 12.5 Å². The fourth-order valence-corrected chi connectivity index (χ4v) is 2.28. The molecule has 0 saturated heterocycles. The van der Waals surface area contributed by atoms with Gasteiger partial charge in [-0.3, -0.25) is 0 Å². The summed E-state index contributed by atoms with van der Waals surface area (Å²) < 4.78 is 14.5.